The highest BCUT2D eigenvalue weighted by atomic mass is 35.5. The zero-order chi connectivity index (χ0) is 26.8. The van der Waals surface area contributed by atoms with Gasteiger partial charge in [-0.3, -0.25) is 9.58 Å². The summed E-state index contributed by atoms with van der Waals surface area (Å²) in [6.07, 6.45) is 4.10. The normalized spacial score (nSPS) is 14.8. The van der Waals surface area contributed by atoms with Crippen LogP contribution in [0.25, 0.3) is 10.9 Å². The Morgan fingerprint density at radius 1 is 1.08 bits per heavy atom. The van der Waals surface area contributed by atoms with E-state index >= 15 is 0 Å². The van der Waals surface area contributed by atoms with E-state index in [4.69, 9.17) is 21.1 Å². The van der Waals surface area contributed by atoms with Gasteiger partial charge in [-0.2, -0.15) is 5.10 Å². The van der Waals surface area contributed by atoms with Gasteiger partial charge in [-0.15, -0.1) is 0 Å². The molecule has 2 aromatic heterocycles. The SMILES string of the molecule is O=C(Oc1ccc(F)cc1)N1CCc2c([nH]c3ccc(Cl)cc23)C1c1ccc(OCCCn2cncn2)cc1. The van der Waals surface area contributed by atoms with Crippen LogP contribution in [0.2, 0.25) is 5.02 Å². The molecule has 0 fully saturated rings. The molecule has 0 saturated carbocycles. The van der Waals surface area contributed by atoms with E-state index in [1.807, 2.05) is 42.5 Å². The molecule has 0 spiro atoms. The standard InChI is InChI=1S/C29H25ClFN5O3/c30-20-4-11-26-25(16-20)24-12-14-36(29(37)39-23-9-5-21(31)6-10-23)28(27(24)34-26)19-2-7-22(8-3-19)38-15-1-13-35-18-32-17-33-35/h2-11,16-18,28,34H,1,12-15H2. The van der Waals surface area contributed by atoms with Crippen LogP contribution in [0, 0.1) is 5.82 Å². The Balaban J connectivity index is 1.26. The quantitative estimate of drug-likeness (QED) is 0.247. The minimum atomic E-state index is -0.512. The van der Waals surface area contributed by atoms with Crippen LogP contribution in [-0.4, -0.2) is 43.9 Å². The number of carbonyl (C=O) groups excluding carboxylic acids is 1. The van der Waals surface area contributed by atoms with Crippen molar-refractivity contribution < 1.29 is 18.7 Å². The van der Waals surface area contributed by atoms with Crippen LogP contribution in [0.4, 0.5) is 9.18 Å². The fraction of sp³-hybridized carbons (Fsp3) is 0.207. The van der Waals surface area contributed by atoms with Crippen molar-refractivity contribution in [3.8, 4) is 11.5 Å². The average Bonchev–Trinajstić information content (AvgIpc) is 3.60. The first kappa shape index (κ1) is 24.9. The minimum Gasteiger partial charge on any atom is -0.494 e. The Morgan fingerprint density at radius 3 is 2.64 bits per heavy atom. The fourth-order valence-corrected chi connectivity index (χ4v) is 5.15. The number of fused-ring (bicyclic) bond motifs is 3. The largest absolute Gasteiger partial charge is 0.494 e. The highest BCUT2D eigenvalue weighted by Gasteiger charge is 2.35. The second-order valence-electron chi connectivity index (χ2n) is 9.30. The van der Waals surface area contributed by atoms with Gasteiger partial charge in [0.05, 0.1) is 6.61 Å². The summed E-state index contributed by atoms with van der Waals surface area (Å²) >= 11 is 6.30. The Hall–Kier alpha value is -4.37. The number of benzene rings is 3. The number of ether oxygens (including phenoxy) is 2. The molecule has 1 atom stereocenters. The first-order valence-electron chi connectivity index (χ1n) is 12.6. The maximum absolute atomic E-state index is 13.4. The third-order valence-corrected chi connectivity index (χ3v) is 7.04. The first-order chi connectivity index (χ1) is 19.0. The van der Waals surface area contributed by atoms with Crippen molar-refractivity contribution in [3.05, 3.63) is 107 Å². The summed E-state index contributed by atoms with van der Waals surface area (Å²) in [6.45, 7) is 1.70. The van der Waals surface area contributed by atoms with Crippen LogP contribution in [0.3, 0.4) is 0 Å². The number of nitrogens with zero attached hydrogens (tertiary/aromatic N) is 4. The molecule has 0 bridgehead atoms. The smallest absolute Gasteiger partial charge is 0.416 e. The molecule has 198 valence electrons. The lowest BCUT2D eigenvalue weighted by Crippen LogP contribution is -2.42. The van der Waals surface area contributed by atoms with Gasteiger partial charge in [-0.05, 0) is 72.1 Å². The number of aromatic nitrogens is 4. The van der Waals surface area contributed by atoms with Crippen molar-refractivity contribution >= 4 is 28.6 Å². The Morgan fingerprint density at radius 2 is 1.87 bits per heavy atom. The van der Waals surface area contributed by atoms with Crippen molar-refractivity contribution in [1.29, 1.82) is 0 Å². The van der Waals surface area contributed by atoms with Gasteiger partial charge in [0.25, 0.3) is 0 Å². The zero-order valence-electron chi connectivity index (χ0n) is 20.9. The molecule has 1 aliphatic rings. The highest BCUT2D eigenvalue weighted by Crippen LogP contribution is 2.40. The van der Waals surface area contributed by atoms with Gasteiger partial charge in [-0.1, -0.05) is 23.7 Å². The Labute approximate surface area is 228 Å². The van der Waals surface area contributed by atoms with Crippen LogP contribution in [0.15, 0.2) is 79.4 Å². The molecule has 1 unspecified atom stereocenters. The molecule has 6 rings (SSSR count). The minimum absolute atomic E-state index is 0.281. The second-order valence-corrected chi connectivity index (χ2v) is 9.74. The Bertz CT molecular complexity index is 1590. The van der Waals surface area contributed by atoms with Gasteiger partial charge >= 0.3 is 6.09 Å². The zero-order valence-corrected chi connectivity index (χ0v) is 21.6. The summed E-state index contributed by atoms with van der Waals surface area (Å²) in [5.41, 5.74) is 3.89. The topological polar surface area (TPSA) is 85.3 Å². The number of nitrogens with one attached hydrogen (secondary N) is 1. The molecule has 1 aliphatic heterocycles. The monoisotopic (exact) mass is 545 g/mol. The van der Waals surface area contributed by atoms with E-state index < -0.39 is 18.0 Å². The number of hydrogen-bond acceptors (Lipinski definition) is 5. The van der Waals surface area contributed by atoms with E-state index in [0.717, 1.165) is 46.4 Å². The van der Waals surface area contributed by atoms with Gasteiger partial charge in [0, 0.05) is 41.1 Å². The number of halogens is 2. The van der Waals surface area contributed by atoms with Crippen molar-refractivity contribution in [1.82, 2.24) is 24.6 Å². The van der Waals surface area contributed by atoms with Crippen LogP contribution in [0.1, 0.15) is 29.3 Å². The fourth-order valence-electron chi connectivity index (χ4n) is 4.98. The average molecular weight is 546 g/mol. The van der Waals surface area contributed by atoms with Gasteiger partial charge in [-0.25, -0.2) is 14.2 Å². The summed E-state index contributed by atoms with van der Waals surface area (Å²) in [5.74, 6) is 0.619. The number of H-pyrrole nitrogens is 1. The summed E-state index contributed by atoms with van der Waals surface area (Å²) < 4.78 is 26.7. The molecule has 39 heavy (non-hydrogen) atoms. The van der Waals surface area contributed by atoms with E-state index in [0.29, 0.717) is 24.6 Å². The second kappa shape index (κ2) is 10.8. The predicted molar refractivity (Wildman–Crippen MR) is 145 cm³/mol. The summed E-state index contributed by atoms with van der Waals surface area (Å²) in [5, 5.41) is 5.79. The molecule has 3 heterocycles. The van der Waals surface area contributed by atoms with Crippen LogP contribution in [-0.2, 0) is 13.0 Å². The molecule has 5 aromatic rings. The van der Waals surface area contributed by atoms with Gasteiger partial charge in [0.15, 0.2) is 0 Å². The number of rotatable bonds is 7. The highest BCUT2D eigenvalue weighted by molar-refractivity contribution is 6.31. The third-order valence-electron chi connectivity index (χ3n) is 6.81. The summed E-state index contributed by atoms with van der Waals surface area (Å²) in [7, 11) is 0. The molecule has 1 amide bonds. The summed E-state index contributed by atoms with van der Waals surface area (Å²) in [4.78, 5) is 22.5. The van der Waals surface area contributed by atoms with Crippen molar-refractivity contribution in [2.24, 2.45) is 0 Å². The molecule has 1 N–H and O–H groups in total. The maximum atomic E-state index is 13.4. The van der Waals surface area contributed by atoms with Crippen molar-refractivity contribution in [2.75, 3.05) is 13.2 Å². The van der Waals surface area contributed by atoms with E-state index in [9.17, 15) is 9.18 Å². The first-order valence-corrected chi connectivity index (χ1v) is 13.0. The molecular formula is C29H25ClFN5O3. The third kappa shape index (κ3) is 5.31. The summed E-state index contributed by atoms with van der Waals surface area (Å²) in [6, 6.07) is 18.5. The van der Waals surface area contributed by atoms with Gasteiger partial charge < -0.3 is 14.5 Å². The molecule has 0 aliphatic carbocycles. The van der Waals surface area contributed by atoms with E-state index in [2.05, 4.69) is 15.1 Å². The van der Waals surface area contributed by atoms with Crippen LogP contribution < -0.4 is 9.47 Å². The van der Waals surface area contributed by atoms with Crippen LogP contribution >= 0.6 is 11.6 Å². The van der Waals surface area contributed by atoms with Crippen molar-refractivity contribution in [3.63, 3.8) is 0 Å². The van der Waals surface area contributed by atoms with E-state index in [1.165, 1.54) is 30.6 Å². The molecule has 0 saturated heterocycles. The van der Waals surface area contributed by atoms with E-state index in [-0.39, 0.29) is 5.75 Å². The van der Waals surface area contributed by atoms with Gasteiger partial charge in [0.2, 0.25) is 0 Å². The number of carbonyl (C=O) groups is 1. The molecule has 0 radical (unpaired) electrons. The van der Waals surface area contributed by atoms with Gasteiger partial charge in [0.1, 0.15) is 36.0 Å². The number of hydrogen-bond donors (Lipinski definition) is 1. The van der Waals surface area contributed by atoms with Crippen molar-refractivity contribution in [2.45, 2.75) is 25.4 Å². The molecule has 3 aromatic carbocycles. The molecular weight excluding hydrogens is 521 g/mol. The lowest BCUT2D eigenvalue weighted by atomic mass is 9.92. The Kier molecular flexibility index (Phi) is 6.89. The molecule has 8 nitrogen and oxygen atoms in total. The molecule has 10 heteroatoms. The predicted octanol–water partition coefficient (Wildman–Crippen LogP) is 6.17. The number of aryl methyl sites for hydroxylation is 1. The number of aromatic amines is 1. The maximum Gasteiger partial charge on any atom is 0.416 e. The lowest BCUT2D eigenvalue weighted by molar-refractivity contribution is 0.135. The van der Waals surface area contributed by atoms with E-state index in [1.54, 1.807) is 15.9 Å². The number of amides is 1. The lowest BCUT2D eigenvalue weighted by Gasteiger charge is -2.35. The van der Waals surface area contributed by atoms with Crippen LogP contribution in [0.5, 0.6) is 11.5 Å².